The number of halogens is 1. The fourth-order valence-corrected chi connectivity index (χ4v) is 1.89. The Labute approximate surface area is 101 Å². The number of benzene rings is 1. The monoisotopic (exact) mass is 241 g/mol. The molecule has 3 nitrogen and oxygen atoms in total. The number of hydrogen-bond acceptors (Lipinski definition) is 3. The van der Waals surface area contributed by atoms with Crippen LogP contribution >= 0.6 is 0 Å². The van der Waals surface area contributed by atoms with Crippen molar-refractivity contribution in [3.05, 3.63) is 29.6 Å². The van der Waals surface area contributed by atoms with Crippen LogP contribution in [0.15, 0.2) is 18.2 Å². The highest BCUT2D eigenvalue weighted by molar-refractivity contribution is 5.54. The molecule has 96 valence electrons. The zero-order chi connectivity index (χ0) is 12.8. The average Bonchev–Trinajstić information content (AvgIpc) is 2.28. The number of hydrogen-bond donors (Lipinski definition) is 2. The Morgan fingerprint density at radius 1 is 1.35 bits per heavy atom. The van der Waals surface area contributed by atoms with E-state index in [-0.39, 0.29) is 12.4 Å². The summed E-state index contributed by atoms with van der Waals surface area (Å²) in [5.41, 5.74) is 1.35. The van der Waals surface area contributed by atoms with Crippen LogP contribution in [0.3, 0.4) is 0 Å². The summed E-state index contributed by atoms with van der Waals surface area (Å²) in [4.78, 5) is 1.96. The summed E-state index contributed by atoms with van der Waals surface area (Å²) in [5.74, 6) is -0.356. The van der Waals surface area contributed by atoms with E-state index in [0.29, 0.717) is 12.1 Å². The first kappa shape index (κ1) is 13.9. The van der Waals surface area contributed by atoms with E-state index in [1.54, 1.807) is 13.0 Å². The van der Waals surface area contributed by atoms with E-state index >= 15 is 0 Å². The zero-order valence-electron chi connectivity index (χ0n) is 10.4. The van der Waals surface area contributed by atoms with Gasteiger partial charge in [-0.1, -0.05) is 6.92 Å². The highest BCUT2D eigenvalue weighted by Gasteiger charge is 2.14. The second-order valence-electron chi connectivity index (χ2n) is 4.09. The minimum absolute atomic E-state index is 0.0383. The van der Waals surface area contributed by atoms with Gasteiger partial charge in [-0.15, -0.1) is 0 Å². The first-order valence-corrected chi connectivity index (χ1v) is 5.93. The summed E-state index contributed by atoms with van der Waals surface area (Å²) in [6.07, 6.45) is 0.204. The molecule has 0 saturated carbocycles. The predicted molar refractivity (Wildman–Crippen MR) is 66.6 cm³/mol. The van der Waals surface area contributed by atoms with Crippen molar-refractivity contribution in [2.24, 2.45) is 0 Å². The van der Waals surface area contributed by atoms with Crippen molar-refractivity contribution in [2.45, 2.75) is 26.4 Å². The second-order valence-corrected chi connectivity index (χ2v) is 4.09. The van der Waals surface area contributed by atoms with Crippen LogP contribution in [-0.2, 0) is 0 Å². The zero-order valence-corrected chi connectivity index (χ0v) is 10.4. The maximum Gasteiger partial charge on any atom is 0.123 e. The quantitative estimate of drug-likeness (QED) is 0.801. The third-order valence-corrected chi connectivity index (χ3v) is 2.64. The Balaban J connectivity index is 3.07. The molecule has 0 aromatic heterocycles. The molecule has 1 atom stereocenters. The molecule has 2 N–H and O–H groups in total. The maximum absolute atomic E-state index is 13.2. The molecule has 0 aliphatic carbocycles. The molecule has 0 radical (unpaired) electrons. The van der Waals surface area contributed by atoms with Gasteiger partial charge in [-0.05, 0) is 31.5 Å². The molecule has 0 spiro atoms. The first-order chi connectivity index (χ1) is 8.10. The topological polar surface area (TPSA) is 43.7 Å². The fourth-order valence-electron chi connectivity index (χ4n) is 1.89. The molecule has 0 amide bonds. The number of anilines is 1. The minimum atomic E-state index is -0.723. The van der Waals surface area contributed by atoms with E-state index in [9.17, 15) is 9.50 Å². The molecular formula is C13H20FNO2. The molecule has 1 rings (SSSR count). The Morgan fingerprint density at radius 3 is 2.59 bits per heavy atom. The van der Waals surface area contributed by atoms with Crippen molar-refractivity contribution in [1.29, 1.82) is 0 Å². The van der Waals surface area contributed by atoms with Gasteiger partial charge in [0, 0.05) is 24.3 Å². The summed E-state index contributed by atoms with van der Waals surface area (Å²) >= 11 is 0. The van der Waals surface area contributed by atoms with Gasteiger partial charge in [0.1, 0.15) is 5.82 Å². The lowest BCUT2D eigenvalue weighted by atomic mass is 10.1. The van der Waals surface area contributed by atoms with Gasteiger partial charge in [0.25, 0.3) is 0 Å². The lowest BCUT2D eigenvalue weighted by Gasteiger charge is -2.27. The normalized spacial score (nSPS) is 12.5. The van der Waals surface area contributed by atoms with Crippen LogP contribution in [0.25, 0.3) is 0 Å². The smallest absolute Gasteiger partial charge is 0.123 e. The molecule has 4 heteroatoms. The number of aliphatic hydroxyl groups excluding tert-OH is 2. The maximum atomic E-state index is 13.2. The minimum Gasteiger partial charge on any atom is -0.395 e. The van der Waals surface area contributed by atoms with Crippen molar-refractivity contribution >= 4 is 5.69 Å². The Hall–Kier alpha value is -1.13. The van der Waals surface area contributed by atoms with Crippen LogP contribution in [0.5, 0.6) is 0 Å². The predicted octanol–water partition coefficient (Wildman–Crippen LogP) is 2.09. The Bertz CT molecular complexity index is 349. The van der Waals surface area contributed by atoms with E-state index < -0.39 is 6.10 Å². The fraction of sp³-hybridized carbons (Fsp3) is 0.538. The summed E-state index contributed by atoms with van der Waals surface area (Å²) in [6.45, 7) is 4.94. The third kappa shape index (κ3) is 3.68. The largest absolute Gasteiger partial charge is 0.395 e. The van der Waals surface area contributed by atoms with Crippen LogP contribution < -0.4 is 4.90 Å². The van der Waals surface area contributed by atoms with Gasteiger partial charge in [-0.25, -0.2) is 4.39 Å². The molecule has 1 aromatic rings. The highest BCUT2D eigenvalue weighted by atomic mass is 19.1. The highest BCUT2D eigenvalue weighted by Crippen LogP contribution is 2.27. The lowest BCUT2D eigenvalue weighted by Crippen LogP contribution is -2.28. The first-order valence-electron chi connectivity index (χ1n) is 5.93. The molecule has 0 fully saturated rings. The van der Waals surface area contributed by atoms with Gasteiger partial charge in [0.2, 0.25) is 0 Å². The van der Waals surface area contributed by atoms with Crippen LogP contribution in [0.4, 0.5) is 10.1 Å². The standard InChI is InChI=1S/C13H20FNO2/c1-3-6-15(7-8-16)13-5-4-11(14)9-12(13)10(2)17/h4-5,9-10,16-17H,3,6-8H2,1-2H3. The lowest BCUT2D eigenvalue weighted by molar-refractivity contribution is 0.199. The number of aliphatic hydroxyl groups is 2. The van der Waals surface area contributed by atoms with Gasteiger partial charge in [0.05, 0.1) is 12.7 Å². The molecule has 0 saturated heterocycles. The van der Waals surface area contributed by atoms with Gasteiger partial charge >= 0.3 is 0 Å². The molecule has 1 unspecified atom stereocenters. The summed E-state index contributed by atoms with van der Waals surface area (Å²) < 4.78 is 13.2. The molecule has 17 heavy (non-hydrogen) atoms. The second kappa shape index (κ2) is 6.57. The van der Waals surface area contributed by atoms with E-state index in [1.165, 1.54) is 12.1 Å². The van der Waals surface area contributed by atoms with Gasteiger partial charge < -0.3 is 15.1 Å². The van der Waals surface area contributed by atoms with Crippen molar-refractivity contribution in [2.75, 3.05) is 24.6 Å². The summed E-state index contributed by atoms with van der Waals surface area (Å²) in [5, 5.41) is 18.7. The van der Waals surface area contributed by atoms with E-state index in [0.717, 1.165) is 18.7 Å². The number of rotatable bonds is 6. The van der Waals surface area contributed by atoms with Crippen LogP contribution in [0.1, 0.15) is 31.9 Å². The van der Waals surface area contributed by atoms with Crippen molar-refractivity contribution in [1.82, 2.24) is 0 Å². The Kier molecular flexibility index (Phi) is 5.38. The molecular weight excluding hydrogens is 221 g/mol. The van der Waals surface area contributed by atoms with E-state index in [4.69, 9.17) is 5.11 Å². The van der Waals surface area contributed by atoms with Crippen molar-refractivity contribution in [3.8, 4) is 0 Å². The van der Waals surface area contributed by atoms with Gasteiger partial charge in [-0.3, -0.25) is 0 Å². The van der Waals surface area contributed by atoms with Crippen molar-refractivity contribution < 1.29 is 14.6 Å². The van der Waals surface area contributed by atoms with Crippen molar-refractivity contribution in [3.63, 3.8) is 0 Å². The van der Waals surface area contributed by atoms with Gasteiger partial charge in [-0.2, -0.15) is 0 Å². The molecule has 0 heterocycles. The van der Waals surface area contributed by atoms with Crippen LogP contribution in [0, 0.1) is 5.82 Å². The molecule has 0 aliphatic heterocycles. The van der Waals surface area contributed by atoms with Crippen LogP contribution in [-0.4, -0.2) is 29.9 Å². The molecule has 0 bridgehead atoms. The van der Waals surface area contributed by atoms with Crippen LogP contribution in [0.2, 0.25) is 0 Å². The average molecular weight is 241 g/mol. The number of nitrogens with zero attached hydrogens (tertiary/aromatic N) is 1. The summed E-state index contributed by atoms with van der Waals surface area (Å²) in [7, 11) is 0. The molecule has 0 aliphatic rings. The van der Waals surface area contributed by atoms with E-state index in [1.807, 2.05) is 11.8 Å². The summed E-state index contributed by atoms with van der Waals surface area (Å²) in [6, 6.07) is 4.38. The SMILES string of the molecule is CCCN(CCO)c1ccc(F)cc1C(C)O. The Morgan fingerprint density at radius 2 is 2.06 bits per heavy atom. The van der Waals surface area contributed by atoms with E-state index in [2.05, 4.69) is 0 Å². The third-order valence-electron chi connectivity index (χ3n) is 2.64. The molecule has 1 aromatic carbocycles. The van der Waals surface area contributed by atoms with Gasteiger partial charge in [0.15, 0.2) is 0 Å².